The van der Waals surface area contributed by atoms with Crippen LogP contribution in [0.15, 0.2) is 47.4 Å². The molecule has 23 heavy (non-hydrogen) atoms. The van der Waals surface area contributed by atoms with Gasteiger partial charge in [0, 0.05) is 4.90 Å². The number of nitrogens with one attached hydrogen (secondary N) is 1. The molecule has 2 aromatic carbocycles. The lowest BCUT2D eigenvalue weighted by Gasteiger charge is -2.10. The highest BCUT2D eigenvalue weighted by Gasteiger charge is 2.14. The average Bonchev–Trinajstić information content (AvgIpc) is 2.56. The second-order valence-corrected chi connectivity index (χ2v) is 6.06. The van der Waals surface area contributed by atoms with Crippen LogP contribution in [0.3, 0.4) is 0 Å². The number of ether oxygens (including phenoxy) is 1. The first-order valence-corrected chi connectivity index (χ1v) is 8.55. The van der Waals surface area contributed by atoms with E-state index in [0.29, 0.717) is 16.3 Å². The molecule has 2 aromatic rings. The minimum atomic E-state index is -0.553. The molecule has 0 aliphatic rings. The van der Waals surface area contributed by atoms with Crippen LogP contribution in [0.2, 0.25) is 10.0 Å². The molecule has 0 spiro atoms. The number of hydrogen-bond donors (Lipinski definition) is 1. The molecule has 4 nitrogen and oxygen atoms in total. The van der Waals surface area contributed by atoms with Gasteiger partial charge in [-0.15, -0.1) is 11.8 Å². The van der Waals surface area contributed by atoms with Crippen molar-refractivity contribution in [3.63, 3.8) is 0 Å². The molecular formula is C16H13Cl2NO3S. The Morgan fingerprint density at radius 2 is 1.87 bits per heavy atom. The van der Waals surface area contributed by atoms with Gasteiger partial charge in [0.05, 0.1) is 21.3 Å². The largest absolute Gasteiger partial charge is 0.452 e. The van der Waals surface area contributed by atoms with Crippen molar-refractivity contribution in [2.45, 2.75) is 4.90 Å². The third kappa shape index (κ3) is 4.64. The Bertz CT molecular complexity index is 737. The summed E-state index contributed by atoms with van der Waals surface area (Å²) in [5, 5.41) is 3.12. The van der Waals surface area contributed by atoms with Crippen LogP contribution in [0, 0.1) is 0 Å². The molecule has 0 aromatic heterocycles. The predicted molar refractivity (Wildman–Crippen MR) is 93.6 cm³/mol. The summed E-state index contributed by atoms with van der Waals surface area (Å²) in [7, 11) is 0. The lowest BCUT2D eigenvalue weighted by molar-refractivity contribution is -0.119. The first kappa shape index (κ1) is 17.7. The minimum absolute atomic E-state index is 0.238. The van der Waals surface area contributed by atoms with Crippen LogP contribution in [-0.4, -0.2) is 24.7 Å². The fourth-order valence-electron chi connectivity index (χ4n) is 1.81. The molecule has 1 N–H and O–H groups in total. The quantitative estimate of drug-likeness (QED) is 0.622. The maximum atomic E-state index is 12.0. The van der Waals surface area contributed by atoms with E-state index >= 15 is 0 Å². The number of hydrogen-bond acceptors (Lipinski definition) is 4. The Labute approximate surface area is 148 Å². The molecule has 0 aliphatic carbocycles. The van der Waals surface area contributed by atoms with E-state index < -0.39 is 18.5 Å². The Kier molecular flexibility index (Phi) is 6.33. The van der Waals surface area contributed by atoms with Crippen molar-refractivity contribution in [1.82, 2.24) is 0 Å². The number of amides is 1. The third-order valence-corrected chi connectivity index (χ3v) is 4.50. The number of carbonyl (C=O) groups is 2. The van der Waals surface area contributed by atoms with Crippen molar-refractivity contribution in [3.8, 4) is 0 Å². The van der Waals surface area contributed by atoms with E-state index in [1.807, 2.05) is 18.4 Å². The summed E-state index contributed by atoms with van der Waals surface area (Å²) in [5.74, 6) is -1.05. The Hall–Kier alpha value is -1.69. The van der Waals surface area contributed by atoms with Gasteiger partial charge in [-0.3, -0.25) is 4.79 Å². The maximum absolute atomic E-state index is 12.0. The molecule has 0 fully saturated rings. The van der Waals surface area contributed by atoms with Gasteiger partial charge in [0.15, 0.2) is 6.61 Å². The van der Waals surface area contributed by atoms with E-state index in [-0.39, 0.29) is 5.02 Å². The molecule has 2 rings (SSSR count). The molecule has 0 heterocycles. The highest BCUT2D eigenvalue weighted by molar-refractivity contribution is 7.98. The zero-order valence-electron chi connectivity index (χ0n) is 12.1. The summed E-state index contributed by atoms with van der Waals surface area (Å²) in [5.41, 5.74) is 0.790. The number of rotatable bonds is 5. The number of benzene rings is 2. The fraction of sp³-hybridized carbons (Fsp3) is 0.125. The summed E-state index contributed by atoms with van der Waals surface area (Å²) in [4.78, 5) is 24.7. The standard InChI is InChI=1S/C16H13Cl2NO3S/c1-23-13-8-3-2-5-10(13)16(21)22-9-14(20)19-12-7-4-6-11(17)15(12)18/h2-8H,9H2,1H3,(H,19,20). The number of esters is 1. The van der Waals surface area contributed by atoms with Crippen LogP contribution in [0.5, 0.6) is 0 Å². The zero-order chi connectivity index (χ0) is 16.8. The number of anilines is 1. The molecule has 120 valence electrons. The minimum Gasteiger partial charge on any atom is -0.452 e. The van der Waals surface area contributed by atoms with Crippen LogP contribution in [0.4, 0.5) is 5.69 Å². The summed E-state index contributed by atoms with van der Waals surface area (Å²) >= 11 is 13.3. The Morgan fingerprint density at radius 3 is 2.61 bits per heavy atom. The summed E-state index contributed by atoms with van der Waals surface area (Å²) in [6.07, 6.45) is 1.86. The van der Waals surface area contributed by atoms with Gasteiger partial charge in [-0.05, 0) is 30.5 Å². The Balaban J connectivity index is 1.96. The van der Waals surface area contributed by atoms with E-state index in [9.17, 15) is 9.59 Å². The molecule has 0 atom stereocenters. The lowest BCUT2D eigenvalue weighted by Crippen LogP contribution is -2.21. The fourth-order valence-corrected chi connectivity index (χ4v) is 2.74. The topological polar surface area (TPSA) is 55.4 Å². The van der Waals surface area contributed by atoms with Crippen molar-refractivity contribution in [2.24, 2.45) is 0 Å². The first-order valence-electron chi connectivity index (χ1n) is 6.57. The highest BCUT2D eigenvalue weighted by atomic mass is 35.5. The summed E-state index contributed by atoms with van der Waals surface area (Å²) < 4.78 is 5.03. The Morgan fingerprint density at radius 1 is 1.13 bits per heavy atom. The number of halogens is 2. The molecule has 0 bridgehead atoms. The van der Waals surface area contributed by atoms with Crippen LogP contribution >= 0.6 is 35.0 Å². The SMILES string of the molecule is CSc1ccccc1C(=O)OCC(=O)Nc1cccc(Cl)c1Cl. The van der Waals surface area contributed by atoms with E-state index in [4.69, 9.17) is 27.9 Å². The van der Waals surface area contributed by atoms with Gasteiger partial charge in [-0.1, -0.05) is 41.4 Å². The van der Waals surface area contributed by atoms with Gasteiger partial charge >= 0.3 is 5.97 Å². The summed E-state index contributed by atoms with van der Waals surface area (Å²) in [6, 6.07) is 11.9. The van der Waals surface area contributed by atoms with Crippen molar-refractivity contribution in [1.29, 1.82) is 0 Å². The number of carbonyl (C=O) groups excluding carboxylic acids is 2. The molecule has 1 amide bonds. The number of thioether (sulfide) groups is 1. The monoisotopic (exact) mass is 369 g/mol. The van der Waals surface area contributed by atoms with Gasteiger partial charge in [-0.2, -0.15) is 0 Å². The molecular weight excluding hydrogens is 357 g/mol. The first-order chi connectivity index (χ1) is 11.0. The third-order valence-electron chi connectivity index (χ3n) is 2.89. The molecule has 0 unspecified atom stereocenters. The lowest BCUT2D eigenvalue weighted by atomic mass is 10.2. The van der Waals surface area contributed by atoms with Gasteiger partial charge in [-0.25, -0.2) is 4.79 Å². The molecule has 7 heteroatoms. The zero-order valence-corrected chi connectivity index (χ0v) is 14.5. The average molecular weight is 370 g/mol. The van der Waals surface area contributed by atoms with Crippen molar-refractivity contribution in [2.75, 3.05) is 18.2 Å². The molecule has 0 saturated heterocycles. The predicted octanol–water partition coefficient (Wildman–Crippen LogP) is 4.51. The second kappa shape index (κ2) is 8.24. The molecule has 0 aliphatic heterocycles. The van der Waals surface area contributed by atoms with Crippen molar-refractivity contribution >= 4 is 52.5 Å². The second-order valence-electron chi connectivity index (χ2n) is 4.43. The van der Waals surface area contributed by atoms with E-state index in [0.717, 1.165) is 4.90 Å². The van der Waals surface area contributed by atoms with Gasteiger partial charge in [0.25, 0.3) is 5.91 Å². The van der Waals surface area contributed by atoms with Crippen LogP contribution < -0.4 is 5.32 Å². The van der Waals surface area contributed by atoms with Crippen molar-refractivity contribution in [3.05, 3.63) is 58.1 Å². The van der Waals surface area contributed by atoms with E-state index in [1.54, 1.807) is 30.3 Å². The van der Waals surface area contributed by atoms with Crippen LogP contribution in [0.1, 0.15) is 10.4 Å². The normalized spacial score (nSPS) is 10.2. The van der Waals surface area contributed by atoms with Gasteiger partial charge < -0.3 is 10.1 Å². The van der Waals surface area contributed by atoms with E-state index in [2.05, 4.69) is 5.32 Å². The molecule has 0 saturated carbocycles. The maximum Gasteiger partial charge on any atom is 0.339 e. The van der Waals surface area contributed by atoms with Crippen molar-refractivity contribution < 1.29 is 14.3 Å². The van der Waals surface area contributed by atoms with Crippen LogP contribution in [0.25, 0.3) is 0 Å². The van der Waals surface area contributed by atoms with E-state index in [1.165, 1.54) is 11.8 Å². The smallest absolute Gasteiger partial charge is 0.339 e. The van der Waals surface area contributed by atoms with Gasteiger partial charge in [0.2, 0.25) is 0 Å². The highest BCUT2D eigenvalue weighted by Crippen LogP contribution is 2.29. The van der Waals surface area contributed by atoms with Gasteiger partial charge in [0.1, 0.15) is 0 Å². The van der Waals surface area contributed by atoms with Crippen LogP contribution in [-0.2, 0) is 9.53 Å². The summed E-state index contributed by atoms with van der Waals surface area (Å²) in [6.45, 7) is -0.412. The molecule has 0 radical (unpaired) electrons.